The number of thiophene rings is 1. The number of nitrogens with one attached hydrogen (secondary N) is 1. The highest BCUT2D eigenvalue weighted by Crippen LogP contribution is 2.36. The van der Waals surface area contributed by atoms with Gasteiger partial charge in [0.25, 0.3) is 5.56 Å². The van der Waals surface area contributed by atoms with Crippen molar-refractivity contribution in [2.24, 2.45) is 0 Å². The lowest BCUT2D eigenvalue weighted by atomic mass is 10.1. The predicted octanol–water partition coefficient (Wildman–Crippen LogP) is 3.72. The van der Waals surface area contributed by atoms with E-state index < -0.39 is 0 Å². The van der Waals surface area contributed by atoms with E-state index in [1.165, 1.54) is 23.2 Å². The van der Waals surface area contributed by atoms with E-state index in [0.717, 1.165) is 20.4 Å². The Balaban J connectivity index is 2.29. The molecule has 0 aliphatic carbocycles. The van der Waals surface area contributed by atoms with Gasteiger partial charge in [-0.1, -0.05) is 18.2 Å². The van der Waals surface area contributed by atoms with Crippen LogP contribution in [0.4, 0.5) is 0 Å². The van der Waals surface area contributed by atoms with E-state index in [1.54, 1.807) is 0 Å². The van der Waals surface area contributed by atoms with Crippen molar-refractivity contribution >= 4 is 37.5 Å². The molecule has 0 aliphatic rings. The van der Waals surface area contributed by atoms with Gasteiger partial charge in [0.15, 0.2) is 0 Å². The molecule has 1 aromatic carbocycles. The maximum absolute atomic E-state index is 11.7. The maximum Gasteiger partial charge on any atom is 0.268 e. The van der Waals surface area contributed by atoms with Crippen molar-refractivity contribution in [1.82, 2.24) is 9.97 Å². The molecular weight excluding hydrogens is 312 g/mol. The average molecular weight is 321 g/mol. The molecule has 0 unspecified atom stereocenters. The molecule has 2 aromatic heterocycles. The van der Waals surface area contributed by atoms with Crippen LogP contribution in [0.2, 0.25) is 0 Å². The van der Waals surface area contributed by atoms with Gasteiger partial charge in [0.05, 0.1) is 11.8 Å². The zero-order chi connectivity index (χ0) is 12.7. The third-order valence-corrected chi connectivity index (χ3v) is 4.98. The first-order valence-electron chi connectivity index (χ1n) is 5.39. The van der Waals surface area contributed by atoms with Crippen molar-refractivity contribution < 1.29 is 0 Å². The van der Waals surface area contributed by atoms with E-state index in [-0.39, 0.29) is 5.56 Å². The van der Waals surface area contributed by atoms with E-state index in [9.17, 15) is 4.79 Å². The summed E-state index contributed by atoms with van der Waals surface area (Å²) in [5, 5.41) is 0. The van der Waals surface area contributed by atoms with E-state index in [2.05, 4.69) is 25.9 Å². The molecule has 3 nitrogen and oxygen atoms in total. The third-order valence-electron chi connectivity index (χ3n) is 2.78. The number of aromatic amines is 1. The third kappa shape index (κ3) is 1.79. The predicted molar refractivity (Wildman–Crippen MR) is 78.1 cm³/mol. The minimum Gasteiger partial charge on any atom is -0.312 e. The summed E-state index contributed by atoms with van der Waals surface area (Å²) in [5.41, 5.74) is 2.93. The molecule has 18 heavy (non-hydrogen) atoms. The van der Waals surface area contributed by atoms with Gasteiger partial charge >= 0.3 is 0 Å². The van der Waals surface area contributed by atoms with Crippen LogP contribution < -0.4 is 5.56 Å². The fraction of sp³-hybridized carbons (Fsp3) is 0.0769. The molecule has 3 rings (SSSR count). The van der Waals surface area contributed by atoms with Crippen molar-refractivity contribution in [1.29, 1.82) is 0 Å². The van der Waals surface area contributed by atoms with Crippen LogP contribution in [0, 0.1) is 6.92 Å². The van der Waals surface area contributed by atoms with Gasteiger partial charge in [0.1, 0.15) is 4.70 Å². The van der Waals surface area contributed by atoms with Gasteiger partial charge in [0, 0.05) is 14.9 Å². The van der Waals surface area contributed by atoms with Gasteiger partial charge in [-0.15, -0.1) is 11.3 Å². The fourth-order valence-corrected chi connectivity index (χ4v) is 3.48. The van der Waals surface area contributed by atoms with E-state index >= 15 is 0 Å². The molecule has 1 N–H and O–H groups in total. The molecule has 0 saturated carbocycles. The summed E-state index contributed by atoms with van der Waals surface area (Å²) < 4.78 is 1.73. The molecule has 5 heteroatoms. The summed E-state index contributed by atoms with van der Waals surface area (Å²) in [6, 6.07) is 8.05. The van der Waals surface area contributed by atoms with Gasteiger partial charge < -0.3 is 4.98 Å². The second-order valence-electron chi connectivity index (χ2n) is 3.99. The maximum atomic E-state index is 11.7. The Hall–Kier alpha value is -1.46. The molecule has 90 valence electrons. The van der Waals surface area contributed by atoms with Crippen LogP contribution in [-0.4, -0.2) is 9.97 Å². The Bertz CT molecular complexity index is 791. The van der Waals surface area contributed by atoms with Gasteiger partial charge in [-0.3, -0.25) is 4.79 Å². The van der Waals surface area contributed by atoms with E-state index in [1.807, 2.05) is 31.2 Å². The molecule has 0 radical (unpaired) electrons. The number of benzene rings is 1. The Morgan fingerprint density at radius 1 is 1.39 bits per heavy atom. The van der Waals surface area contributed by atoms with Gasteiger partial charge in [0.2, 0.25) is 0 Å². The second kappa shape index (κ2) is 4.33. The smallest absolute Gasteiger partial charge is 0.268 e. The minimum absolute atomic E-state index is 0.0833. The highest BCUT2D eigenvalue weighted by molar-refractivity contribution is 9.10. The highest BCUT2D eigenvalue weighted by Gasteiger charge is 2.11. The Morgan fingerprint density at radius 2 is 2.22 bits per heavy atom. The number of fused-ring (bicyclic) bond motifs is 1. The summed E-state index contributed by atoms with van der Waals surface area (Å²) in [6.45, 7) is 2.05. The first-order chi connectivity index (χ1) is 8.66. The molecule has 0 saturated heterocycles. The average Bonchev–Trinajstić information content (AvgIpc) is 2.78. The lowest BCUT2D eigenvalue weighted by molar-refractivity contribution is 1.18. The zero-order valence-electron chi connectivity index (χ0n) is 9.53. The van der Waals surface area contributed by atoms with Crippen molar-refractivity contribution in [2.45, 2.75) is 6.92 Å². The lowest BCUT2D eigenvalue weighted by Gasteiger charge is -2.03. The quantitative estimate of drug-likeness (QED) is 0.742. The first-order valence-corrected chi connectivity index (χ1v) is 7.00. The van der Waals surface area contributed by atoms with Gasteiger partial charge in [-0.25, -0.2) is 4.98 Å². The Labute approximate surface area is 116 Å². The molecular formula is C13H9BrN2OS. The highest BCUT2D eigenvalue weighted by atomic mass is 79.9. The van der Waals surface area contributed by atoms with Crippen molar-refractivity contribution in [3.8, 4) is 10.4 Å². The minimum atomic E-state index is -0.0833. The number of aryl methyl sites for hydroxylation is 1. The van der Waals surface area contributed by atoms with Crippen LogP contribution in [-0.2, 0) is 0 Å². The molecule has 0 fully saturated rings. The molecule has 0 bridgehead atoms. The SMILES string of the molecule is Cc1cccc(-c2cc3nc[nH]c(=O)c3s2)c1Br. The Kier molecular flexibility index (Phi) is 2.80. The molecule has 0 spiro atoms. The molecule has 0 amide bonds. The summed E-state index contributed by atoms with van der Waals surface area (Å²) in [6.07, 6.45) is 1.44. The van der Waals surface area contributed by atoms with Crippen LogP contribution in [0.1, 0.15) is 5.56 Å². The number of rotatable bonds is 1. The number of halogens is 1. The number of nitrogens with zero attached hydrogens (tertiary/aromatic N) is 1. The van der Waals surface area contributed by atoms with Crippen LogP contribution in [0.15, 0.2) is 39.9 Å². The largest absolute Gasteiger partial charge is 0.312 e. The van der Waals surface area contributed by atoms with Crippen LogP contribution in [0.5, 0.6) is 0 Å². The summed E-state index contributed by atoms with van der Waals surface area (Å²) in [4.78, 5) is 19.5. The van der Waals surface area contributed by atoms with E-state index in [4.69, 9.17) is 0 Å². The van der Waals surface area contributed by atoms with E-state index in [0.29, 0.717) is 4.70 Å². The van der Waals surface area contributed by atoms with Gasteiger partial charge in [-0.2, -0.15) is 0 Å². The molecule has 0 atom stereocenters. The zero-order valence-corrected chi connectivity index (χ0v) is 11.9. The number of H-pyrrole nitrogens is 1. The van der Waals surface area contributed by atoms with Crippen molar-refractivity contribution in [3.63, 3.8) is 0 Å². The summed E-state index contributed by atoms with van der Waals surface area (Å²) >= 11 is 5.06. The standard InChI is InChI=1S/C13H9BrN2OS/c1-7-3-2-4-8(11(7)14)10-5-9-12(18-10)13(17)16-6-15-9/h2-6H,1H3,(H,15,16,17). The summed E-state index contributed by atoms with van der Waals surface area (Å²) in [5.74, 6) is 0. The lowest BCUT2D eigenvalue weighted by Crippen LogP contribution is -2.02. The second-order valence-corrected chi connectivity index (χ2v) is 5.84. The molecule has 3 aromatic rings. The number of aromatic nitrogens is 2. The fourth-order valence-electron chi connectivity index (χ4n) is 1.84. The van der Waals surface area contributed by atoms with Gasteiger partial charge in [-0.05, 0) is 34.5 Å². The normalized spacial score (nSPS) is 11.0. The topological polar surface area (TPSA) is 45.8 Å². The Morgan fingerprint density at radius 3 is 3.00 bits per heavy atom. The van der Waals surface area contributed by atoms with Crippen molar-refractivity contribution in [2.75, 3.05) is 0 Å². The molecule has 2 heterocycles. The monoisotopic (exact) mass is 320 g/mol. The summed E-state index contributed by atoms with van der Waals surface area (Å²) in [7, 11) is 0. The van der Waals surface area contributed by atoms with Crippen LogP contribution >= 0.6 is 27.3 Å². The first kappa shape index (κ1) is 11.6. The molecule has 0 aliphatic heterocycles. The van der Waals surface area contributed by atoms with Crippen molar-refractivity contribution in [3.05, 3.63) is 51.0 Å². The van der Waals surface area contributed by atoms with Crippen LogP contribution in [0.3, 0.4) is 0 Å². The van der Waals surface area contributed by atoms with Crippen LogP contribution in [0.25, 0.3) is 20.7 Å². The number of hydrogen-bond donors (Lipinski definition) is 1. The number of hydrogen-bond acceptors (Lipinski definition) is 3.